The number of nitrogens with one attached hydrogen (secondary N) is 2. The van der Waals surface area contributed by atoms with Crippen LogP contribution < -0.4 is 20.1 Å². The quantitative estimate of drug-likeness (QED) is 0.265. The summed E-state index contributed by atoms with van der Waals surface area (Å²) in [4.78, 5) is 46.4. The molecule has 2 heterocycles. The Labute approximate surface area is 268 Å². The first kappa shape index (κ1) is 36.2. The molecule has 0 bridgehead atoms. The van der Waals surface area contributed by atoms with Crippen molar-refractivity contribution in [1.29, 1.82) is 0 Å². The highest BCUT2D eigenvalue weighted by molar-refractivity contribution is 8.14. The number of amides is 2. The molecule has 10 heteroatoms. The SMILES string of the molecule is C.C=C1C=Cc2ccc(NC(=O)SCC(C)C(=O)CC)cc2O1.C=C1C=Cc2ccc(NC(=O)SCCC(=O)CC)cc2O1. The van der Waals surface area contributed by atoms with E-state index in [1.165, 1.54) is 0 Å². The third-order valence-electron chi connectivity index (χ3n) is 6.27. The molecule has 2 aliphatic rings. The third kappa shape index (κ3) is 11.6. The summed E-state index contributed by atoms with van der Waals surface area (Å²) in [5, 5.41) is 5.22. The molecule has 8 nitrogen and oxygen atoms in total. The Morgan fingerprint density at radius 1 is 0.773 bits per heavy atom. The predicted octanol–water partition coefficient (Wildman–Crippen LogP) is 9.36. The molecule has 2 N–H and O–H groups in total. The van der Waals surface area contributed by atoms with E-state index in [0.717, 1.165) is 34.7 Å². The lowest BCUT2D eigenvalue weighted by Gasteiger charge is -2.15. The Kier molecular flexibility index (Phi) is 14.8. The summed E-state index contributed by atoms with van der Waals surface area (Å²) in [5.41, 5.74) is 3.21. The number of thioether (sulfide) groups is 2. The minimum atomic E-state index is -0.180. The van der Waals surface area contributed by atoms with Crippen molar-refractivity contribution in [3.8, 4) is 11.5 Å². The van der Waals surface area contributed by atoms with Crippen molar-refractivity contribution in [3.63, 3.8) is 0 Å². The van der Waals surface area contributed by atoms with Crippen molar-refractivity contribution in [2.45, 2.75) is 47.5 Å². The van der Waals surface area contributed by atoms with Crippen LogP contribution in [-0.2, 0) is 9.59 Å². The summed E-state index contributed by atoms with van der Waals surface area (Å²) < 4.78 is 11.0. The normalized spacial score (nSPS) is 13.0. The molecule has 0 spiro atoms. The van der Waals surface area contributed by atoms with E-state index in [4.69, 9.17) is 9.47 Å². The van der Waals surface area contributed by atoms with Crippen molar-refractivity contribution in [2.24, 2.45) is 5.92 Å². The van der Waals surface area contributed by atoms with Gasteiger partial charge >= 0.3 is 0 Å². The fraction of sp³-hybridized carbons (Fsp3) is 0.294. The van der Waals surface area contributed by atoms with E-state index >= 15 is 0 Å². The van der Waals surface area contributed by atoms with E-state index in [2.05, 4.69) is 23.8 Å². The van der Waals surface area contributed by atoms with Crippen LogP contribution in [0, 0.1) is 5.92 Å². The van der Waals surface area contributed by atoms with Crippen LogP contribution in [0.25, 0.3) is 12.2 Å². The topological polar surface area (TPSA) is 111 Å². The molecule has 44 heavy (non-hydrogen) atoms. The zero-order valence-electron chi connectivity index (χ0n) is 24.6. The number of ketones is 2. The highest BCUT2D eigenvalue weighted by atomic mass is 32.2. The van der Waals surface area contributed by atoms with E-state index in [-0.39, 0.29) is 35.4 Å². The largest absolute Gasteiger partial charge is 0.457 e. The van der Waals surface area contributed by atoms with Gasteiger partial charge in [0.25, 0.3) is 10.5 Å². The Morgan fingerprint density at radius 2 is 1.27 bits per heavy atom. The Hall–Kier alpha value is -4.02. The van der Waals surface area contributed by atoms with Crippen molar-refractivity contribution in [2.75, 3.05) is 22.1 Å². The Bertz CT molecular complexity index is 1460. The summed E-state index contributed by atoms with van der Waals surface area (Å²) in [6, 6.07) is 10.9. The van der Waals surface area contributed by atoms with Crippen LogP contribution in [-0.4, -0.2) is 33.6 Å². The Morgan fingerprint density at radius 3 is 1.75 bits per heavy atom. The van der Waals surface area contributed by atoms with Gasteiger partial charge in [-0.3, -0.25) is 19.2 Å². The smallest absolute Gasteiger partial charge is 0.283 e. The van der Waals surface area contributed by atoms with E-state index in [1.807, 2.05) is 57.2 Å². The number of hydrogen-bond acceptors (Lipinski definition) is 8. The first-order valence-corrected chi connectivity index (χ1v) is 15.8. The van der Waals surface area contributed by atoms with Crippen molar-refractivity contribution >= 4 is 69.1 Å². The molecule has 0 saturated heterocycles. The van der Waals surface area contributed by atoms with Gasteiger partial charge in [-0.2, -0.15) is 0 Å². The van der Waals surface area contributed by atoms with E-state index < -0.39 is 0 Å². The molecule has 0 radical (unpaired) electrons. The fourth-order valence-electron chi connectivity index (χ4n) is 3.78. The zero-order chi connectivity index (χ0) is 31.4. The molecule has 0 fully saturated rings. The van der Waals surface area contributed by atoms with Gasteiger partial charge in [0.2, 0.25) is 0 Å². The zero-order valence-corrected chi connectivity index (χ0v) is 26.2. The molecule has 0 aromatic heterocycles. The number of benzene rings is 2. The number of Topliss-reactive ketones (excluding diaryl/α,β-unsaturated/α-hetero) is 2. The standard InChI is InChI=1S/C17H19NO3S.C16H17NO3S.CH4/c1-4-15(19)11(2)10-22-17(20)18-14-8-7-13-6-5-12(3)21-16(13)9-14;1-3-14(18)8-9-21-16(19)17-13-7-6-12-5-4-11(2)20-15(12)10-13;/h5-9,11H,3-4,10H2,1-2H3,(H,18,20);4-7,10H,2-3,8-9H2,1H3,(H,17,19);1H4. The van der Waals surface area contributed by atoms with Crippen LogP contribution in [0.3, 0.4) is 0 Å². The number of carbonyl (C=O) groups is 4. The second-order valence-corrected chi connectivity index (χ2v) is 11.7. The molecule has 4 rings (SSSR count). The molecule has 0 aliphatic carbocycles. The van der Waals surface area contributed by atoms with Gasteiger partial charge in [0.15, 0.2) is 0 Å². The van der Waals surface area contributed by atoms with Gasteiger partial charge in [-0.25, -0.2) is 0 Å². The average Bonchev–Trinajstić information content (AvgIpc) is 2.99. The number of allylic oxidation sites excluding steroid dienone is 2. The molecule has 1 atom stereocenters. The van der Waals surface area contributed by atoms with Crippen LogP contribution in [0.5, 0.6) is 11.5 Å². The molecule has 2 aromatic carbocycles. The number of rotatable bonds is 10. The maximum Gasteiger partial charge on any atom is 0.283 e. The van der Waals surface area contributed by atoms with E-state index in [9.17, 15) is 19.2 Å². The highest BCUT2D eigenvalue weighted by Crippen LogP contribution is 2.31. The predicted molar refractivity (Wildman–Crippen MR) is 185 cm³/mol. The Balaban J connectivity index is 0.000000300. The first-order valence-electron chi connectivity index (χ1n) is 13.9. The summed E-state index contributed by atoms with van der Waals surface area (Å²) in [6.45, 7) is 13.0. The summed E-state index contributed by atoms with van der Waals surface area (Å²) >= 11 is 2.23. The second-order valence-electron chi connectivity index (χ2n) is 9.66. The fourth-order valence-corrected chi connectivity index (χ4v) is 5.26. The van der Waals surface area contributed by atoms with Gasteiger partial charge in [-0.15, -0.1) is 0 Å². The molecular formula is C34H40N2O6S2. The van der Waals surface area contributed by atoms with Crippen LogP contribution in [0.1, 0.15) is 58.6 Å². The van der Waals surface area contributed by atoms with Crippen LogP contribution in [0.15, 0.2) is 73.2 Å². The highest BCUT2D eigenvalue weighted by Gasteiger charge is 2.15. The lowest BCUT2D eigenvalue weighted by atomic mass is 10.1. The summed E-state index contributed by atoms with van der Waals surface area (Å²) in [5.74, 6) is 3.70. The maximum absolute atomic E-state index is 11.9. The van der Waals surface area contributed by atoms with Gasteiger partial charge in [-0.05, 0) is 48.6 Å². The van der Waals surface area contributed by atoms with Crippen LogP contribution in [0.4, 0.5) is 21.0 Å². The lowest BCUT2D eigenvalue weighted by Crippen LogP contribution is -2.15. The van der Waals surface area contributed by atoms with Gasteiger partial charge in [-0.1, -0.05) is 64.9 Å². The molecule has 2 aliphatic heterocycles. The molecular weight excluding hydrogens is 597 g/mol. The monoisotopic (exact) mass is 636 g/mol. The minimum absolute atomic E-state index is 0. The third-order valence-corrected chi connectivity index (χ3v) is 8.07. The number of ether oxygens (including phenoxy) is 2. The van der Waals surface area contributed by atoms with E-state index in [1.54, 1.807) is 24.3 Å². The van der Waals surface area contributed by atoms with Crippen molar-refractivity contribution in [1.82, 2.24) is 0 Å². The summed E-state index contributed by atoms with van der Waals surface area (Å²) in [7, 11) is 0. The number of fused-ring (bicyclic) bond motifs is 2. The lowest BCUT2D eigenvalue weighted by molar-refractivity contribution is -0.121. The van der Waals surface area contributed by atoms with Crippen molar-refractivity contribution in [3.05, 3.63) is 84.4 Å². The number of hydrogen-bond donors (Lipinski definition) is 2. The molecule has 1 unspecified atom stereocenters. The maximum atomic E-state index is 11.9. The number of carbonyl (C=O) groups excluding carboxylic acids is 4. The van der Waals surface area contributed by atoms with Gasteiger partial charge in [0, 0.05) is 71.3 Å². The second kappa shape index (κ2) is 17.9. The first-order chi connectivity index (χ1) is 20.6. The number of anilines is 2. The molecule has 2 aromatic rings. The van der Waals surface area contributed by atoms with Gasteiger partial charge < -0.3 is 20.1 Å². The minimum Gasteiger partial charge on any atom is -0.457 e. The van der Waals surface area contributed by atoms with Crippen LogP contribution in [0.2, 0.25) is 0 Å². The van der Waals surface area contributed by atoms with Crippen LogP contribution >= 0.6 is 23.5 Å². The van der Waals surface area contributed by atoms with Gasteiger partial charge in [0.05, 0.1) is 0 Å². The molecule has 0 saturated carbocycles. The molecule has 2 amide bonds. The van der Waals surface area contributed by atoms with E-state index in [0.29, 0.717) is 65.2 Å². The molecule has 234 valence electrons. The average molecular weight is 637 g/mol. The summed E-state index contributed by atoms with van der Waals surface area (Å²) in [6.07, 6.45) is 8.86. The van der Waals surface area contributed by atoms with Gasteiger partial charge in [0.1, 0.15) is 34.6 Å². The van der Waals surface area contributed by atoms with Crippen molar-refractivity contribution < 1.29 is 28.7 Å².